The minimum absolute atomic E-state index is 0. The summed E-state index contributed by atoms with van der Waals surface area (Å²) in [4.78, 5) is 11.3. The van der Waals surface area contributed by atoms with Crippen LogP contribution in [0.15, 0.2) is 22.8 Å². The average molecular weight is 439 g/mol. The fourth-order valence-corrected chi connectivity index (χ4v) is 6.45. The van der Waals surface area contributed by atoms with Crippen LogP contribution in [0.2, 0.25) is 0 Å². The molecule has 1 aliphatic rings. The van der Waals surface area contributed by atoms with Crippen LogP contribution >= 0.6 is 15.9 Å². The van der Waals surface area contributed by atoms with Gasteiger partial charge in [0, 0.05) is 0 Å². The van der Waals surface area contributed by atoms with Gasteiger partial charge in [0.15, 0.2) is 0 Å². The number of rotatable bonds is 2. The van der Waals surface area contributed by atoms with E-state index in [2.05, 4.69) is 19.3 Å². The number of nitrogens with zero attached hydrogens (tertiary/aromatic N) is 1. The minimum Gasteiger partial charge on any atom is -1.00 e. The van der Waals surface area contributed by atoms with E-state index in [1.54, 1.807) is 12.1 Å². The van der Waals surface area contributed by atoms with Crippen LogP contribution < -0.4 is 21.5 Å². The van der Waals surface area contributed by atoms with Gasteiger partial charge in [-0.3, -0.25) is 0 Å². The number of aromatic nitrogens is 1. The maximum atomic E-state index is 11.3. The topological polar surface area (TPSA) is 67.4 Å². The molecule has 0 spiro atoms. The molecule has 0 aromatic carbocycles. The Balaban J connectivity index is 0.00000161. The van der Waals surface area contributed by atoms with Crippen LogP contribution in [0.4, 0.5) is 0 Å². The van der Waals surface area contributed by atoms with Crippen LogP contribution in [0.3, 0.4) is 0 Å². The van der Waals surface area contributed by atoms with Crippen molar-refractivity contribution in [3.8, 4) is 0 Å². The zero-order chi connectivity index (χ0) is 14.3. The van der Waals surface area contributed by atoms with E-state index in [0.29, 0.717) is 5.56 Å². The van der Waals surface area contributed by atoms with Gasteiger partial charge < -0.3 is 12.4 Å². The third kappa shape index (κ3) is 3.06. The Labute approximate surface area is 143 Å². The number of aliphatic hydroxyl groups is 1. The Hall–Kier alpha value is -0.391. The molecule has 0 aliphatic heterocycles. The molecule has 3 rings (SSSR count). The average Bonchev–Trinajstić information content (AvgIpc) is 2.77. The molecule has 2 heterocycles. The molecule has 3 N–H and O–H groups in total. The predicted octanol–water partition coefficient (Wildman–Crippen LogP) is -1.50. The molecule has 4 nitrogen and oxygen atoms in total. The number of primary amides is 1. The monoisotopic (exact) mass is 438 g/mol. The van der Waals surface area contributed by atoms with Crippen molar-refractivity contribution in [2.24, 2.45) is 5.73 Å². The molecule has 1 aliphatic carbocycles. The SMILES string of the molecule is NC(=O)c1cc[n+]2[se]c(C3(O)CCCCC3)c(Br)c2c1.[Cl-]. The summed E-state index contributed by atoms with van der Waals surface area (Å²) in [7, 11) is 0. The summed E-state index contributed by atoms with van der Waals surface area (Å²) in [6.45, 7) is 0. The first kappa shape index (κ1) is 17.0. The number of amides is 1. The van der Waals surface area contributed by atoms with Crippen LogP contribution in [-0.2, 0) is 5.60 Å². The summed E-state index contributed by atoms with van der Waals surface area (Å²) >= 11 is 3.66. The third-order valence-corrected chi connectivity index (χ3v) is 8.00. The molecule has 21 heavy (non-hydrogen) atoms. The Morgan fingerprint density at radius 2 is 2.05 bits per heavy atom. The summed E-state index contributed by atoms with van der Waals surface area (Å²) < 4.78 is 4.13. The standard InChI is InChI=1S/C14H15BrN2O2Se.ClH/c15-11-10-8-9(13(16)18)4-7-17(10)20-12(11)14(19)5-2-1-3-6-14;/h4,7-8,19H,1-3,5-6H2,(H-,16,18);1H. The second kappa shape index (κ2) is 6.39. The number of nitrogens with two attached hydrogens (primary N) is 1. The van der Waals surface area contributed by atoms with E-state index in [9.17, 15) is 9.90 Å². The Bertz CT molecular complexity index is 683. The van der Waals surface area contributed by atoms with Gasteiger partial charge in [-0.25, -0.2) is 0 Å². The fraction of sp³-hybridized carbons (Fsp3) is 0.429. The van der Waals surface area contributed by atoms with E-state index in [4.69, 9.17) is 5.73 Å². The molecule has 1 fully saturated rings. The molecule has 0 saturated heterocycles. The zero-order valence-corrected chi connectivity index (χ0v) is 15.4. The number of hydrogen-bond donors (Lipinski definition) is 2. The van der Waals surface area contributed by atoms with Gasteiger partial charge in [0.1, 0.15) is 0 Å². The second-order valence-electron chi connectivity index (χ2n) is 5.32. The quantitative estimate of drug-likeness (QED) is 0.561. The third-order valence-electron chi connectivity index (χ3n) is 3.92. The van der Waals surface area contributed by atoms with Crippen molar-refractivity contribution in [1.82, 2.24) is 0 Å². The Morgan fingerprint density at radius 3 is 2.67 bits per heavy atom. The molecule has 7 heteroatoms. The number of carbonyl (C=O) groups is 1. The molecule has 2 aromatic heterocycles. The van der Waals surface area contributed by atoms with Gasteiger partial charge in [-0.2, -0.15) is 0 Å². The molecule has 2 aromatic rings. The van der Waals surface area contributed by atoms with Crippen LogP contribution in [0.1, 0.15) is 46.9 Å². The van der Waals surface area contributed by atoms with Crippen molar-refractivity contribution in [1.29, 1.82) is 0 Å². The first-order valence-electron chi connectivity index (χ1n) is 6.68. The molecular weight excluding hydrogens is 422 g/mol. The summed E-state index contributed by atoms with van der Waals surface area (Å²) in [5.41, 5.74) is 6.09. The van der Waals surface area contributed by atoms with Crippen LogP contribution in [0.25, 0.3) is 5.52 Å². The van der Waals surface area contributed by atoms with Crippen molar-refractivity contribution in [3.05, 3.63) is 32.8 Å². The maximum absolute atomic E-state index is 11.3. The number of fused-ring (bicyclic) bond motifs is 1. The van der Waals surface area contributed by atoms with Crippen molar-refractivity contribution in [2.45, 2.75) is 37.7 Å². The number of halogens is 2. The van der Waals surface area contributed by atoms with Gasteiger partial charge in [-0.05, 0) is 0 Å². The van der Waals surface area contributed by atoms with Gasteiger partial charge in [0.25, 0.3) is 0 Å². The van der Waals surface area contributed by atoms with Crippen LogP contribution in [0, 0.1) is 0 Å². The van der Waals surface area contributed by atoms with E-state index in [1.807, 2.05) is 6.20 Å². The second-order valence-corrected chi connectivity index (χ2v) is 8.18. The Morgan fingerprint density at radius 1 is 1.38 bits per heavy atom. The zero-order valence-electron chi connectivity index (χ0n) is 11.3. The molecule has 0 bridgehead atoms. The number of carbonyl (C=O) groups excluding carboxylic acids is 1. The van der Waals surface area contributed by atoms with E-state index in [0.717, 1.165) is 40.1 Å². The first-order chi connectivity index (χ1) is 9.51. The van der Waals surface area contributed by atoms with E-state index < -0.39 is 11.5 Å². The summed E-state index contributed by atoms with van der Waals surface area (Å²) in [6.07, 6.45) is 6.89. The van der Waals surface area contributed by atoms with Gasteiger partial charge in [-0.1, -0.05) is 0 Å². The van der Waals surface area contributed by atoms with E-state index in [1.165, 1.54) is 6.42 Å². The van der Waals surface area contributed by atoms with Gasteiger partial charge >= 0.3 is 132 Å². The number of hydrogen-bond acceptors (Lipinski definition) is 2. The molecule has 0 radical (unpaired) electrons. The molecule has 114 valence electrons. The molecular formula is C14H16BrClN2O2Se. The minimum atomic E-state index is -0.685. The normalized spacial score (nSPS) is 17.4. The largest absolute Gasteiger partial charge is 1.00 e. The van der Waals surface area contributed by atoms with Crippen molar-refractivity contribution >= 4 is 42.1 Å². The molecule has 0 atom stereocenters. The number of pyridine rings is 1. The first-order valence-corrected chi connectivity index (χ1v) is 9.10. The maximum Gasteiger partial charge on any atom is -1.00 e. The molecule has 1 saturated carbocycles. The summed E-state index contributed by atoms with van der Waals surface area (Å²) in [5.74, 6) is -0.425. The van der Waals surface area contributed by atoms with Crippen LogP contribution in [-0.4, -0.2) is 25.7 Å². The molecule has 0 unspecified atom stereocenters. The predicted molar refractivity (Wildman–Crippen MR) is 79.7 cm³/mol. The summed E-state index contributed by atoms with van der Waals surface area (Å²) in [5, 5.41) is 10.9. The summed E-state index contributed by atoms with van der Waals surface area (Å²) in [6, 6.07) is 3.54. The van der Waals surface area contributed by atoms with Gasteiger partial charge in [0.2, 0.25) is 0 Å². The Kier molecular flexibility index (Phi) is 5.16. The van der Waals surface area contributed by atoms with Gasteiger partial charge in [-0.15, -0.1) is 0 Å². The van der Waals surface area contributed by atoms with Gasteiger partial charge in [0.05, 0.1) is 0 Å². The van der Waals surface area contributed by atoms with Crippen LogP contribution in [0.5, 0.6) is 0 Å². The molecule has 1 amide bonds. The van der Waals surface area contributed by atoms with Crippen molar-refractivity contribution in [2.75, 3.05) is 0 Å². The van der Waals surface area contributed by atoms with E-state index in [-0.39, 0.29) is 27.1 Å². The van der Waals surface area contributed by atoms with E-state index >= 15 is 0 Å². The fourth-order valence-electron chi connectivity index (χ4n) is 2.79. The van der Waals surface area contributed by atoms with Crippen molar-refractivity contribution < 1.29 is 25.7 Å². The smallest absolute Gasteiger partial charge is 1.00 e. The van der Waals surface area contributed by atoms with Crippen molar-refractivity contribution in [3.63, 3.8) is 0 Å².